The van der Waals surface area contributed by atoms with Crippen molar-refractivity contribution in [2.24, 2.45) is 0 Å². The van der Waals surface area contributed by atoms with Gasteiger partial charge in [0, 0.05) is 116 Å². The van der Waals surface area contributed by atoms with Crippen molar-refractivity contribution in [1.29, 1.82) is 0 Å². The lowest BCUT2D eigenvalue weighted by Crippen LogP contribution is -2.30. The van der Waals surface area contributed by atoms with Gasteiger partial charge in [-0.25, -0.2) is 4.39 Å². The highest BCUT2D eigenvalue weighted by molar-refractivity contribution is 14.2. The smallest absolute Gasteiger partial charge is 0.309 e. The summed E-state index contributed by atoms with van der Waals surface area (Å²) in [6.07, 6.45) is 0.912. The Morgan fingerprint density at radius 1 is 1.21 bits per heavy atom. The van der Waals surface area contributed by atoms with Crippen LogP contribution < -0.4 is 9.21 Å². The van der Waals surface area contributed by atoms with Crippen molar-refractivity contribution in [3.8, 4) is 0 Å². The van der Waals surface area contributed by atoms with E-state index in [2.05, 4.69) is 68.4 Å². The fourth-order valence-corrected chi connectivity index (χ4v) is 6.36. The van der Waals surface area contributed by atoms with Crippen LogP contribution in [-0.2, 0) is 13.0 Å². The molecule has 2 aromatic carbocycles. The van der Waals surface area contributed by atoms with Gasteiger partial charge in [0.25, 0.3) is 0 Å². The summed E-state index contributed by atoms with van der Waals surface area (Å²) < 4.78 is 24.0. The molecule has 0 saturated carbocycles. The fraction of sp³-hybridized carbons (Fsp3) is 0.211. The maximum absolute atomic E-state index is 14.0. The number of hydrogen-bond donors (Lipinski definition) is 0. The number of hydrogen-bond acceptors (Lipinski definition) is 6. The Morgan fingerprint density at radius 3 is 2.86 bits per heavy atom. The molecule has 29 heavy (non-hydrogen) atoms. The van der Waals surface area contributed by atoms with E-state index < -0.39 is 0 Å². The summed E-state index contributed by atoms with van der Waals surface area (Å²) in [5.74, 6) is -0.194. The van der Waals surface area contributed by atoms with E-state index in [0.717, 1.165) is 47.2 Å². The van der Waals surface area contributed by atoms with Crippen molar-refractivity contribution in [2.45, 2.75) is 13.0 Å². The number of aromatic nitrogens is 2. The zero-order valence-electron chi connectivity index (χ0n) is 15.2. The molecule has 0 spiro atoms. The number of rotatable bonds is 4. The van der Waals surface area contributed by atoms with E-state index in [1.807, 2.05) is 23.5 Å². The highest BCUT2D eigenvalue weighted by Crippen LogP contribution is 2.38. The van der Waals surface area contributed by atoms with Crippen LogP contribution in [0.3, 0.4) is 0 Å². The Morgan fingerprint density at radius 2 is 2.07 bits per heavy atom. The summed E-state index contributed by atoms with van der Waals surface area (Å²) in [5, 5.41) is 0.998. The van der Waals surface area contributed by atoms with Crippen molar-refractivity contribution < 1.29 is 8.81 Å². The molecule has 150 valence electrons. The minimum Gasteiger partial charge on any atom is -0.423 e. The first-order valence-electron chi connectivity index (χ1n) is 8.88. The summed E-state index contributed by atoms with van der Waals surface area (Å²) >= 11 is 4.50. The first-order chi connectivity index (χ1) is 14.1. The Labute approximate surface area is 199 Å². The van der Waals surface area contributed by atoms with Crippen molar-refractivity contribution in [3.63, 3.8) is 0 Å². The molecule has 3 heterocycles. The molecule has 5 nitrogen and oxygen atoms in total. The van der Waals surface area contributed by atoms with Gasteiger partial charge in [-0.05, 0) is 30.3 Å². The van der Waals surface area contributed by atoms with Crippen LogP contribution in [0.25, 0.3) is 22.0 Å². The zero-order valence-corrected chi connectivity index (χ0v) is 21.2. The number of anilines is 2. The van der Waals surface area contributed by atoms with Crippen LogP contribution in [0.15, 0.2) is 40.8 Å². The normalized spacial score (nSPS) is 14.0. The van der Waals surface area contributed by atoms with Gasteiger partial charge in [-0.15, -0.1) is 0 Å². The van der Waals surface area contributed by atoms with Crippen LogP contribution in [0.1, 0.15) is 11.3 Å². The first kappa shape index (κ1) is 20.1. The molecule has 4 aromatic rings. The lowest BCUT2D eigenvalue weighted by Gasteiger charge is -2.29. The lowest BCUT2D eigenvalue weighted by molar-refractivity contribution is 0.610. The van der Waals surface area contributed by atoms with Crippen LogP contribution in [0.5, 0.6) is 0 Å². The van der Waals surface area contributed by atoms with Gasteiger partial charge < -0.3 is 9.32 Å². The molecule has 0 N–H and O–H groups in total. The number of halogens is 3. The maximum Gasteiger partial charge on any atom is 0.309 e. The molecule has 0 saturated heterocycles. The average Bonchev–Trinajstić information content (AvgIpc) is 3.30. The zero-order chi connectivity index (χ0) is 20.1. The number of nitrogens with zero attached hydrogens (tertiary/aromatic N) is 4. The number of oxazole rings is 1. The number of fused-ring (bicyclic) bond motifs is 4. The summed E-state index contributed by atoms with van der Waals surface area (Å²) in [4.78, 5) is 6.86. The second-order valence-electron chi connectivity index (χ2n) is 6.84. The molecule has 10 heteroatoms. The van der Waals surface area contributed by atoms with Crippen LogP contribution in [0.4, 0.5) is 16.1 Å². The molecule has 0 bridgehead atoms. The predicted molar refractivity (Wildman–Crippen MR) is 138 cm³/mol. The molecule has 0 amide bonds. The molecule has 0 radical (unpaired) electrons. The highest BCUT2D eigenvalue weighted by Gasteiger charge is 2.25. The van der Waals surface area contributed by atoms with E-state index in [4.69, 9.17) is 4.42 Å². The largest absolute Gasteiger partial charge is 0.423 e. The van der Waals surface area contributed by atoms with E-state index >= 15 is 0 Å². The standard InChI is InChI=1S/C19H15FI2N4OS2/c1-24(28-21)19-23-15-4-3-12(9-18(15)27-19)25-7-6-17-14(10-25)13-8-11(20)2-5-16(13)26(17)29-22/h2-5,8-9H,6-7,10H2,1H3. The lowest BCUT2D eigenvalue weighted by atomic mass is 10.0. The quantitative estimate of drug-likeness (QED) is 0.179. The minimum absolute atomic E-state index is 0.194. The minimum atomic E-state index is -0.194. The van der Waals surface area contributed by atoms with E-state index in [9.17, 15) is 4.39 Å². The monoisotopic (exact) mass is 652 g/mol. The van der Waals surface area contributed by atoms with Gasteiger partial charge in [-0.2, -0.15) is 4.98 Å². The number of benzene rings is 2. The molecule has 0 aliphatic carbocycles. The maximum atomic E-state index is 14.0. The topological polar surface area (TPSA) is 37.4 Å². The van der Waals surface area contributed by atoms with Crippen molar-refractivity contribution in [1.82, 2.24) is 8.96 Å². The Hall–Kier alpha value is -0.860. The molecule has 2 aromatic heterocycles. The van der Waals surface area contributed by atoms with Crippen LogP contribution in [-0.4, -0.2) is 22.5 Å². The van der Waals surface area contributed by atoms with Gasteiger partial charge >= 0.3 is 6.01 Å². The summed E-state index contributed by atoms with van der Waals surface area (Å²) in [7, 11) is 5.10. The summed E-state index contributed by atoms with van der Waals surface area (Å²) in [5.41, 5.74) is 6.28. The molecule has 0 atom stereocenters. The van der Waals surface area contributed by atoms with Crippen molar-refractivity contribution in [3.05, 3.63) is 53.5 Å². The highest BCUT2D eigenvalue weighted by atomic mass is 127. The predicted octanol–water partition coefficient (Wildman–Crippen LogP) is 6.77. The van der Waals surface area contributed by atoms with Gasteiger partial charge in [0.15, 0.2) is 5.58 Å². The second-order valence-corrected chi connectivity index (χ2v) is 10.4. The summed E-state index contributed by atoms with van der Waals surface area (Å²) in [6.45, 7) is 1.65. The van der Waals surface area contributed by atoms with Gasteiger partial charge in [0.1, 0.15) is 11.3 Å². The fourth-order valence-electron chi connectivity index (χ4n) is 3.85. The Bertz CT molecular complexity index is 1230. The van der Waals surface area contributed by atoms with Crippen LogP contribution in [0, 0.1) is 5.82 Å². The van der Waals surface area contributed by atoms with E-state index in [1.54, 1.807) is 15.2 Å². The molecule has 1 aliphatic heterocycles. The van der Waals surface area contributed by atoms with E-state index in [-0.39, 0.29) is 5.82 Å². The SMILES string of the molecule is CN(SI)c1nc2ccc(N3CCc4c(c5cc(F)ccc5n4SI)C3)cc2o1. The second kappa shape index (κ2) is 8.00. The Balaban J connectivity index is 1.53. The van der Waals surface area contributed by atoms with Gasteiger partial charge in [-0.3, -0.25) is 8.28 Å². The third-order valence-corrected chi connectivity index (χ3v) is 9.10. The molecular weight excluding hydrogens is 637 g/mol. The van der Waals surface area contributed by atoms with E-state index in [1.165, 1.54) is 26.4 Å². The molecule has 0 unspecified atom stereocenters. The van der Waals surface area contributed by atoms with Crippen LogP contribution in [0.2, 0.25) is 0 Å². The molecule has 1 aliphatic rings. The third-order valence-electron chi connectivity index (χ3n) is 5.23. The van der Waals surface area contributed by atoms with Crippen molar-refractivity contribution >= 4 is 94.4 Å². The van der Waals surface area contributed by atoms with E-state index in [0.29, 0.717) is 6.01 Å². The molecule has 0 fully saturated rings. The van der Waals surface area contributed by atoms with Gasteiger partial charge in [-0.1, -0.05) is 0 Å². The van der Waals surface area contributed by atoms with Crippen molar-refractivity contribution in [2.75, 3.05) is 22.8 Å². The average molecular weight is 652 g/mol. The molecule has 5 rings (SSSR count). The molecular formula is C19H15FI2N4OS2. The van der Waals surface area contributed by atoms with Crippen LogP contribution >= 0.6 is 60.6 Å². The van der Waals surface area contributed by atoms with Gasteiger partial charge in [0.2, 0.25) is 0 Å². The third kappa shape index (κ3) is 3.49. The Kier molecular flexibility index (Phi) is 5.54. The summed E-state index contributed by atoms with van der Waals surface area (Å²) in [6, 6.07) is 11.8. The first-order valence-corrected chi connectivity index (χ1v) is 15.5. The van der Waals surface area contributed by atoms with Gasteiger partial charge in [0.05, 0.1) is 5.52 Å².